The van der Waals surface area contributed by atoms with Crippen LogP contribution in [0.1, 0.15) is 32.0 Å². The van der Waals surface area contributed by atoms with Crippen LogP contribution in [0.3, 0.4) is 0 Å². The van der Waals surface area contributed by atoms with E-state index >= 15 is 0 Å². The second-order valence-electron chi connectivity index (χ2n) is 4.35. The van der Waals surface area contributed by atoms with E-state index in [0.29, 0.717) is 6.54 Å². The molecule has 2 heterocycles. The molecule has 1 atom stereocenters. The van der Waals surface area contributed by atoms with E-state index in [1.807, 2.05) is 6.20 Å². The van der Waals surface area contributed by atoms with Crippen molar-refractivity contribution in [1.82, 2.24) is 20.2 Å². The summed E-state index contributed by atoms with van der Waals surface area (Å²) in [5.41, 5.74) is 0. The molecule has 1 unspecified atom stereocenters. The number of carbonyl (C=O) groups is 1. The van der Waals surface area contributed by atoms with Crippen LogP contribution in [0, 0.1) is 0 Å². The lowest BCUT2D eigenvalue weighted by Crippen LogP contribution is -2.42. The first-order valence-electron chi connectivity index (χ1n) is 6.32. The molecule has 0 aromatic carbocycles. The topological polar surface area (TPSA) is 59.0 Å². The van der Waals surface area contributed by atoms with Crippen molar-refractivity contribution in [3.63, 3.8) is 0 Å². The summed E-state index contributed by atoms with van der Waals surface area (Å²) in [7, 11) is 0. The molecule has 1 aliphatic rings. The molecule has 1 fully saturated rings. The van der Waals surface area contributed by atoms with E-state index in [0.717, 1.165) is 38.2 Å². The van der Waals surface area contributed by atoms with Crippen LogP contribution in [0.25, 0.3) is 0 Å². The molecule has 0 bridgehead atoms. The van der Waals surface area contributed by atoms with Crippen LogP contribution in [-0.2, 0) is 17.9 Å². The van der Waals surface area contributed by atoms with Gasteiger partial charge in [-0.25, -0.2) is 4.98 Å². The van der Waals surface area contributed by atoms with E-state index in [4.69, 9.17) is 0 Å². The van der Waals surface area contributed by atoms with Crippen LogP contribution in [0.15, 0.2) is 12.4 Å². The van der Waals surface area contributed by atoms with Gasteiger partial charge in [-0.2, -0.15) is 0 Å². The number of nitrogens with zero attached hydrogens (tertiary/aromatic N) is 2. The van der Waals surface area contributed by atoms with Crippen molar-refractivity contribution in [1.29, 1.82) is 0 Å². The van der Waals surface area contributed by atoms with Crippen molar-refractivity contribution in [3.05, 3.63) is 18.2 Å². The SMILES string of the molecule is CCn1ccnc1CNC1CCCCNC1=O. The van der Waals surface area contributed by atoms with Gasteiger partial charge < -0.3 is 9.88 Å². The van der Waals surface area contributed by atoms with Crippen molar-refractivity contribution in [2.24, 2.45) is 0 Å². The zero-order chi connectivity index (χ0) is 12.1. The average molecular weight is 236 g/mol. The van der Waals surface area contributed by atoms with Crippen molar-refractivity contribution in [2.45, 2.75) is 45.3 Å². The third-order valence-corrected chi connectivity index (χ3v) is 3.18. The Kier molecular flexibility index (Phi) is 4.14. The number of aromatic nitrogens is 2. The maximum Gasteiger partial charge on any atom is 0.237 e. The Hall–Kier alpha value is -1.36. The second-order valence-corrected chi connectivity index (χ2v) is 4.35. The molecule has 0 radical (unpaired) electrons. The van der Waals surface area contributed by atoms with Crippen LogP contribution in [0.5, 0.6) is 0 Å². The quantitative estimate of drug-likeness (QED) is 0.807. The van der Waals surface area contributed by atoms with E-state index in [1.54, 1.807) is 6.20 Å². The lowest BCUT2D eigenvalue weighted by molar-refractivity contribution is -0.122. The predicted octanol–water partition coefficient (Wildman–Crippen LogP) is 0.661. The summed E-state index contributed by atoms with van der Waals surface area (Å²) in [6.45, 7) is 4.46. The first kappa shape index (κ1) is 12.1. The number of imidazole rings is 1. The molecule has 0 aliphatic carbocycles. The van der Waals surface area contributed by atoms with E-state index in [9.17, 15) is 4.79 Å². The fourth-order valence-electron chi connectivity index (χ4n) is 2.14. The molecular formula is C12H20N4O. The summed E-state index contributed by atoms with van der Waals surface area (Å²) < 4.78 is 2.08. The van der Waals surface area contributed by atoms with E-state index < -0.39 is 0 Å². The Morgan fingerprint density at radius 2 is 2.47 bits per heavy atom. The van der Waals surface area contributed by atoms with E-state index in [1.165, 1.54) is 0 Å². The Morgan fingerprint density at radius 3 is 3.29 bits per heavy atom. The zero-order valence-electron chi connectivity index (χ0n) is 10.3. The normalized spacial score (nSPS) is 21.0. The van der Waals surface area contributed by atoms with Gasteiger partial charge in [0.05, 0.1) is 12.6 Å². The van der Waals surface area contributed by atoms with Crippen LogP contribution < -0.4 is 10.6 Å². The standard InChI is InChI=1S/C12H20N4O/c1-2-16-8-7-13-11(16)9-15-10-5-3-4-6-14-12(10)17/h7-8,10,15H,2-6,9H2,1H3,(H,14,17). The molecule has 1 amide bonds. The molecule has 5 heteroatoms. The van der Waals surface area contributed by atoms with Crippen molar-refractivity contribution in [2.75, 3.05) is 6.54 Å². The van der Waals surface area contributed by atoms with Gasteiger partial charge in [-0.05, 0) is 26.2 Å². The second kappa shape index (κ2) is 5.82. The van der Waals surface area contributed by atoms with Crippen LogP contribution in [0.4, 0.5) is 0 Å². The molecule has 17 heavy (non-hydrogen) atoms. The van der Waals surface area contributed by atoms with E-state index in [-0.39, 0.29) is 11.9 Å². The molecule has 2 rings (SSSR count). The van der Waals surface area contributed by atoms with Gasteiger partial charge in [0.25, 0.3) is 0 Å². The summed E-state index contributed by atoms with van der Waals surface area (Å²) in [5.74, 6) is 1.11. The summed E-state index contributed by atoms with van der Waals surface area (Å²) in [4.78, 5) is 16.0. The molecule has 2 N–H and O–H groups in total. The van der Waals surface area contributed by atoms with Gasteiger partial charge in [0.15, 0.2) is 0 Å². The smallest absolute Gasteiger partial charge is 0.237 e. The van der Waals surface area contributed by atoms with Gasteiger partial charge in [0, 0.05) is 25.5 Å². The van der Waals surface area contributed by atoms with Gasteiger partial charge in [0.1, 0.15) is 5.82 Å². The van der Waals surface area contributed by atoms with Gasteiger partial charge in [-0.1, -0.05) is 0 Å². The summed E-state index contributed by atoms with van der Waals surface area (Å²) in [6, 6.07) is -0.0699. The highest BCUT2D eigenvalue weighted by atomic mass is 16.2. The van der Waals surface area contributed by atoms with Crippen LogP contribution in [-0.4, -0.2) is 28.0 Å². The molecule has 1 saturated heterocycles. The Balaban J connectivity index is 1.90. The third-order valence-electron chi connectivity index (χ3n) is 3.18. The molecule has 94 valence electrons. The molecule has 1 aromatic heterocycles. The number of hydrogen-bond donors (Lipinski definition) is 2. The van der Waals surface area contributed by atoms with Gasteiger partial charge in [0.2, 0.25) is 5.91 Å². The predicted molar refractivity (Wildman–Crippen MR) is 65.4 cm³/mol. The maximum absolute atomic E-state index is 11.7. The molecule has 0 spiro atoms. The number of carbonyl (C=O) groups excluding carboxylic acids is 1. The van der Waals surface area contributed by atoms with Gasteiger partial charge in [-0.3, -0.25) is 10.1 Å². The minimum absolute atomic E-state index is 0.0699. The van der Waals surface area contributed by atoms with Crippen molar-refractivity contribution in [3.8, 4) is 0 Å². The lowest BCUT2D eigenvalue weighted by atomic mass is 10.1. The highest BCUT2D eigenvalue weighted by Crippen LogP contribution is 2.06. The molecular weight excluding hydrogens is 216 g/mol. The molecule has 1 aliphatic heterocycles. The Morgan fingerprint density at radius 1 is 1.59 bits per heavy atom. The van der Waals surface area contributed by atoms with Crippen LogP contribution in [0.2, 0.25) is 0 Å². The first-order valence-corrected chi connectivity index (χ1v) is 6.32. The molecule has 5 nitrogen and oxygen atoms in total. The summed E-state index contributed by atoms with van der Waals surface area (Å²) in [6.07, 6.45) is 6.85. The molecule has 0 saturated carbocycles. The fourth-order valence-corrected chi connectivity index (χ4v) is 2.14. The van der Waals surface area contributed by atoms with Crippen LogP contribution >= 0.6 is 0 Å². The molecule has 1 aromatic rings. The van der Waals surface area contributed by atoms with Gasteiger partial charge in [-0.15, -0.1) is 0 Å². The first-order chi connectivity index (χ1) is 8.31. The third kappa shape index (κ3) is 3.06. The van der Waals surface area contributed by atoms with Crippen molar-refractivity contribution >= 4 is 5.91 Å². The lowest BCUT2D eigenvalue weighted by Gasteiger charge is -2.15. The highest BCUT2D eigenvalue weighted by molar-refractivity contribution is 5.81. The number of amides is 1. The van der Waals surface area contributed by atoms with E-state index in [2.05, 4.69) is 27.1 Å². The fraction of sp³-hybridized carbons (Fsp3) is 0.667. The Bertz CT molecular complexity index is 374. The monoisotopic (exact) mass is 236 g/mol. The average Bonchev–Trinajstić information content (AvgIpc) is 2.70. The van der Waals surface area contributed by atoms with Crippen molar-refractivity contribution < 1.29 is 4.79 Å². The largest absolute Gasteiger partial charge is 0.355 e. The number of nitrogens with one attached hydrogen (secondary N) is 2. The minimum atomic E-state index is -0.0699. The number of aryl methyl sites for hydroxylation is 1. The number of rotatable bonds is 4. The maximum atomic E-state index is 11.7. The number of hydrogen-bond acceptors (Lipinski definition) is 3. The summed E-state index contributed by atoms with van der Waals surface area (Å²) >= 11 is 0. The Labute approximate surface area is 102 Å². The summed E-state index contributed by atoms with van der Waals surface area (Å²) in [5, 5.41) is 6.22. The highest BCUT2D eigenvalue weighted by Gasteiger charge is 2.20. The minimum Gasteiger partial charge on any atom is -0.355 e. The van der Waals surface area contributed by atoms with Gasteiger partial charge >= 0.3 is 0 Å². The zero-order valence-corrected chi connectivity index (χ0v) is 10.3.